The molecular weight excluding hydrogens is 222 g/mol. The van der Waals surface area contributed by atoms with E-state index in [9.17, 15) is 0 Å². The van der Waals surface area contributed by atoms with Crippen LogP contribution in [0.4, 0.5) is 0 Å². The van der Waals surface area contributed by atoms with Crippen molar-refractivity contribution in [2.45, 2.75) is 40.2 Å². The summed E-state index contributed by atoms with van der Waals surface area (Å²) in [6.07, 6.45) is 0.985. The van der Waals surface area contributed by atoms with E-state index >= 15 is 0 Å². The van der Waals surface area contributed by atoms with Crippen LogP contribution < -0.4 is 10.5 Å². The van der Waals surface area contributed by atoms with Crippen molar-refractivity contribution in [3.63, 3.8) is 0 Å². The minimum Gasteiger partial charge on any atom is -0.493 e. The number of hydrogen-bond acceptors (Lipinski definition) is 2. The molecule has 0 saturated heterocycles. The summed E-state index contributed by atoms with van der Waals surface area (Å²) < 4.78 is 5.73. The van der Waals surface area contributed by atoms with Gasteiger partial charge < -0.3 is 10.5 Å². The van der Waals surface area contributed by atoms with Gasteiger partial charge >= 0.3 is 0 Å². The highest BCUT2D eigenvalue weighted by atomic mass is 35.5. The van der Waals surface area contributed by atoms with Crippen LogP contribution in [0, 0.1) is 13.8 Å². The lowest BCUT2D eigenvalue weighted by Gasteiger charge is -2.19. The van der Waals surface area contributed by atoms with Gasteiger partial charge in [-0.3, -0.25) is 0 Å². The summed E-state index contributed by atoms with van der Waals surface area (Å²) in [6, 6.07) is 1.91. The van der Waals surface area contributed by atoms with Gasteiger partial charge in [-0.15, -0.1) is 0 Å². The smallest absolute Gasteiger partial charge is 0.124 e. The summed E-state index contributed by atoms with van der Waals surface area (Å²) in [4.78, 5) is 0. The molecule has 0 spiro atoms. The molecule has 2 nitrogen and oxygen atoms in total. The van der Waals surface area contributed by atoms with Crippen molar-refractivity contribution in [1.82, 2.24) is 0 Å². The fourth-order valence-electron chi connectivity index (χ4n) is 1.83. The molecule has 0 radical (unpaired) electrons. The maximum absolute atomic E-state index is 6.22. The van der Waals surface area contributed by atoms with Crippen molar-refractivity contribution in [3.8, 4) is 5.75 Å². The molecule has 0 aromatic heterocycles. The number of ether oxygens (including phenoxy) is 1. The standard InChI is InChI=1S/C13H20ClNO/c1-5-6-16-11-7-8(2)13(14)9(3)12(11)10(4)15/h7,10H,5-6,15H2,1-4H3. The van der Waals surface area contributed by atoms with E-state index in [1.807, 2.05) is 26.8 Å². The van der Waals surface area contributed by atoms with Gasteiger partial charge in [0.05, 0.1) is 6.61 Å². The van der Waals surface area contributed by atoms with Crippen molar-refractivity contribution >= 4 is 11.6 Å². The van der Waals surface area contributed by atoms with E-state index in [-0.39, 0.29) is 6.04 Å². The topological polar surface area (TPSA) is 35.2 Å². The SMILES string of the molecule is CCCOc1cc(C)c(Cl)c(C)c1C(C)N. The Hall–Kier alpha value is -0.730. The highest BCUT2D eigenvalue weighted by Gasteiger charge is 2.15. The largest absolute Gasteiger partial charge is 0.493 e. The van der Waals surface area contributed by atoms with Gasteiger partial charge in [-0.25, -0.2) is 0 Å². The fraction of sp³-hybridized carbons (Fsp3) is 0.538. The zero-order valence-corrected chi connectivity index (χ0v) is 11.2. The van der Waals surface area contributed by atoms with Crippen LogP contribution in [-0.4, -0.2) is 6.61 Å². The van der Waals surface area contributed by atoms with Gasteiger partial charge in [-0.05, 0) is 44.4 Å². The minimum absolute atomic E-state index is 0.0649. The third kappa shape index (κ3) is 2.69. The number of nitrogens with two attached hydrogens (primary N) is 1. The molecule has 1 rings (SSSR count). The van der Waals surface area contributed by atoms with E-state index in [0.717, 1.165) is 33.9 Å². The molecule has 0 aliphatic carbocycles. The van der Waals surface area contributed by atoms with Crippen molar-refractivity contribution in [1.29, 1.82) is 0 Å². The molecule has 1 unspecified atom stereocenters. The molecule has 0 heterocycles. The van der Waals surface area contributed by atoms with Crippen LogP contribution in [0.5, 0.6) is 5.75 Å². The second kappa shape index (κ2) is 5.55. The number of aryl methyl sites for hydroxylation is 1. The predicted molar refractivity (Wildman–Crippen MR) is 69.3 cm³/mol. The van der Waals surface area contributed by atoms with Gasteiger partial charge in [-0.1, -0.05) is 18.5 Å². The van der Waals surface area contributed by atoms with E-state index in [4.69, 9.17) is 22.1 Å². The quantitative estimate of drug-likeness (QED) is 0.871. The van der Waals surface area contributed by atoms with Crippen LogP contribution in [0.1, 0.15) is 43.0 Å². The zero-order chi connectivity index (χ0) is 12.3. The summed E-state index contributed by atoms with van der Waals surface area (Å²) in [6.45, 7) is 8.72. The lowest BCUT2D eigenvalue weighted by Crippen LogP contribution is -2.11. The number of benzene rings is 1. The van der Waals surface area contributed by atoms with Crippen molar-refractivity contribution in [3.05, 3.63) is 27.8 Å². The molecule has 0 aliphatic rings. The van der Waals surface area contributed by atoms with Gasteiger partial charge in [0.25, 0.3) is 0 Å². The third-order valence-electron chi connectivity index (χ3n) is 2.61. The summed E-state index contributed by atoms with van der Waals surface area (Å²) in [5, 5.41) is 0.788. The summed E-state index contributed by atoms with van der Waals surface area (Å²) in [5.41, 5.74) is 9.05. The van der Waals surface area contributed by atoms with Crippen molar-refractivity contribution < 1.29 is 4.74 Å². The van der Waals surface area contributed by atoms with Gasteiger partial charge in [0, 0.05) is 16.6 Å². The van der Waals surface area contributed by atoms with E-state index < -0.39 is 0 Å². The minimum atomic E-state index is -0.0649. The van der Waals surface area contributed by atoms with Crippen LogP contribution in [0.25, 0.3) is 0 Å². The molecule has 3 heteroatoms. The molecule has 0 saturated carbocycles. The summed E-state index contributed by atoms with van der Waals surface area (Å²) in [7, 11) is 0. The van der Waals surface area contributed by atoms with Crippen molar-refractivity contribution in [2.75, 3.05) is 6.61 Å². The molecule has 16 heavy (non-hydrogen) atoms. The van der Waals surface area contributed by atoms with Crippen LogP contribution in [0.2, 0.25) is 5.02 Å². The Bertz CT molecular complexity index is 375. The molecule has 1 atom stereocenters. The molecule has 0 aliphatic heterocycles. The molecule has 2 N–H and O–H groups in total. The van der Waals surface area contributed by atoms with Gasteiger partial charge in [0.15, 0.2) is 0 Å². The maximum Gasteiger partial charge on any atom is 0.124 e. The average molecular weight is 242 g/mol. The second-order valence-corrected chi connectivity index (χ2v) is 4.56. The lowest BCUT2D eigenvalue weighted by atomic mass is 9.99. The highest BCUT2D eigenvalue weighted by molar-refractivity contribution is 6.32. The fourth-order valence-corrected chi connectivity index (χ4v) is 1.99. The van der Waals surface area contributed by atoms with Crippen LogP contribution in [0.3, 0.4) is 0 Å². The first-order valence-corrected chi connectivity index (χ1v) is 6.04. The van der Waals surface area contributed by atoms with Crippen LogP contribution in [0.15, 0.2) is 6.07 Å². The molecule has 0 fully saturated rings. The summed E-state index contributed by atoms with van der Waals surface area (Å²) in [5.74, 6) is 0.872. The van der Waals surface area contributed by atoms with E-state index in [0.29, 0.717) is 6.61 Å². The Labute approximate surface area is 103 Å². The predicted octanol–water partition coefficient (Wildman–Crippen LogP) is 3.77. The van der Waals surface area contributed by atoms with Gasteiger partial charge in [0.2, 0.25) is 0 Å². The number of hydrogen-bond donors (Lipinski definition) is 1. The second-order valence-electron chi connectivity index (χ2n) is 4.18. The average Bonchev–Trinajstić information content (AvgIpc) is 2.22. The molecule has 90 valence electrons. The Morgan fingerprint density at radius 2 is 2.06 bits per heavy atom. The lowest BCUT2D eigenvalue weighted by molar-refractivity contribution is 0.312. The van der Waals surface area contributed by atoms with E-state index in [1.165, 1.54) is 0 Å². The zero-order valence-electron chi connectivity index (χ0n) is 10.4. The number of halogens is 1. The molecule has 1 aromatic rings. The first-order valence-electron chi connectivity index (χ1n) is 5.67. The van der Waals surface area contributed by atoms with Crippen LogP contribution in [-0.2, 0) is 0 Å². The van der Waals surface area contributed by atoms with Gasteiger partial charge in [0.1, 0.15) is 5.75 Å². The molecule has 0 amide bonds. The Balaban J connectivity index is 3.24. The first-order chi connectivity index (χ1) is 7.49. The Kier molecular flexibility index (Phi) is 4.63. The molecule has 0 bridgehead atoms. The van der Waals surface area contributed by atoms with E-state index in [1.54, 1.807) is 0 Å². The van der Waals surface area contributed by atoms with E-state index in [2.05, 4.69) is 6.92 Å². The Morgan fingerprint density at radius 3 is 2.56 bits per heavy atom. The maximum atomic E-state index is 6.22. The Morgan fingerprint density at radius 1 is 1.44 bits per heavy atom. The third-order valence-corrected chi connectivity index (χ3v) is 3.19. The normalized spacial score (nSPS) is 12.6. The van der Waals surface area contributed by atoms with Crippen molar-refractivity contribution in [2.24, 2.45) is 5.73 Å². The highest BCUT2D eigenvalue weighted by Crippen LogP contribution is 2.34. The monoisotopic (exact) mass is 241 g/mol. The first kappa shape index (κ1) is 13.3. The van der Waals surface area contributed by atoms with Gasteiger partial charge in [-0.2, -0.15) is 0 Å². The summed E-state index contributed by atoms with van der Waals surface area (Å²) >= 11 is 6.22. The molecule has 1 aromatic carbocycles. The number of rotatable bonds is 4. The molecular formula is C13H20ClNO. The van der Waals surface area contributed by atoms with Crippen LogP contribution >= 0.6 is 11.6 Å².